The lowest BCUT2D eigenvalue weighted by Crippen LogP contribution is -2.48. The number of nitrogens with one attached hydrogen (secondary N) is 1. The molecule has 6 N–H and O–H groups in total. The second kappa shape index (κ2) is 52.8. The molecule has 4 heterocycles. The first-order chi connectivity index (χ1) is 61.8. The van der Waals surface area contributed by atoms with Gasteiger partial charge in [-0.2, -0.15) is 8.91 Å². The molecule has 0 aliphatic carbocycles. The molecule has 8 aromatic carbocycles. The SMILES string of the molecule is C.C=CC[C@@](C)(C[C@H](c1cccc(Cl)c1)[C@@H](C)c1ccc(Cl)cc1)C1=N[C@@H](C(C)C)CO1.C=CC[C@@](C)(C[C@H](c1cccc(Cl)c1)[C@@H](O)c1ccc(Cl)cc1)C(=O)N[C@H](CO)C(C)C.C=CC[C@@](C)(C[C@H](c1cccc(Cl)c1)[C@@H](O)c1ccc(Cl)cc1)C1=N[C@@H](C(C)C)CO1.C=CC[C@@]1(C)C[C@H](c2cccc(Cl)c2)C(c2ccc(Cl)cc2)[N+]2=C1OC[C@@H]2C(C)C.COOS.[2H]O. The average Bonchev–Trinajstić information content (AvgIpc) is 1.63. The molecule has 0 fully saturated rings. The van der Waals surface area contributed by atoms with E-state index in [1.165, 1.54) is 29.4 Å². The van der Waals surface area contributed by atoms with Gasteiger partial charge in [-0.3, -0.25) is 4.79 Å². The molecule has 1 amide bonds. The summed E-state index contributed by atoms with van der Waals surface area (Å²) in [7, 11) is 1.38. The van der Waals surface area contributed by atoms with Gasteiger partial charge < -0.3 is 40.3 Å². The zero-order valence-electron chi connectivity index (χ0n) is 77.9. The molecule has 0 saturated heterocycles. The van der Waals surface area contributed by atoms with E-state index >= 15 is 0 Å². The number of carbonyl (C=O) groups excluding carboxylic acids is 1. The molecule has 0 radical (unpaired) electrons. The van der Waals surface area contributed by atoms with Crippen molar-refractivity contribution in [2.24, 2.45) is 55.3 Å². The third kappa shape index (κ3) is 30.5. The van der Waals surface area contributed by atoms with E-state index in [2.05, 4.69) is 182 Å². The largest absolute Gasteiger partial charge is 0.478 e. The van der Waals surface area contributed by atoms with Crippen molar-refractivity contribution >= 4 is 129 Å². The number of nitrogens with zero attached hydrogens (tertiary/aromatic N) is 3. The molecule has 12 rings (SSSR count). The number of halogens is 8. The van der Waals surface area contributed by atoms with E-state index in [4.69, 9.17) is 124 Å². The molecule has 14 nitrogen and oxygen atoms in total. The standard InChI is InChI=1S/C27H33Cl2NO.C26H33Cl2NO3.C26H31Cl2NO2.C26H30Cl2NO.CH4O2S.CH4.H2O/c1-6-14-27(5,26-30-25(17-31-26)18(2)3)16-24(21-8-7-9-23(29)15-21)19(4)20-10-12-22(28)13-11-20;1-5-13-26(4,25(32)29-23(16-30)17(2)3)15-22(19-7-6-8-21(28)14-19)24(31)18-9-11-20(27)12-10-18;1-5-13-26(4,25-29-23(16-31-25)17(2)3)15-22(19-7-6-8-21(28)14-19)24(30)18-9-11-20(27)12-10-18;1-5-13-26(4)15-22(19-7-6-8-21(28)14-19)24(18-9-11-20(27)12-10-18)29-23(17(2)3)16-30-25(26)29;1-2-3-4;;/h6-13,15,18-19,24-25H,1,14,16-17H2,2-5H3;5-12,14,17,22-24,30-31H,1,13,15-16H2,2-4H3,(H,29,32);5-12,14,17,22-24,30H,1,13,15-16H2,2-4H3;5-12,14,17,22-24H,1,13,15-16H2,2-4H3;4H,1H3;1H4;1H2/q;;;+1;;;/t19-,24-,25+,27-;2*22-,23-,24+,26+;22-,23-,24?,26+;;;/m0111.../s1/i/hD. The van der Waals surface area contributed by atoms with Crippen LogP contribution in [0.3, 0.4) is 0 Å². The third-order valence-electron chi connectivity index (χ3n) is 25.4. The topological polar surface area (TPSA) is 195 Å². The number of thiol groups is 1. The van der Waals surface area contributed by atoms with Crippen molar-refractivity contribution in [3.05, 3.63) is 329 Å². The second-order valence-corrected chi connectivity index (χ2v) is 40.3. The predicted molar refractivity (Wildman–Crippen MR) is 549 cm³/mol. The van der Waals surface area contributed by atoms with Crippen LogP contribution in [0.4, 0.5) is 0 Å². The Labute approximate surface area is 822 Å². The van der Waals surface area contributed by atoms with Gasteiger partial charge in [0.1, 0.15) is 13.2 Å². The first-order valence-electron chi connectivity index (χ1n) is 44.6. The van der Waals surface area contributed by atoms with Gasteiger partial charge in [-0.1, -0.05) is 305 Å². The second-order valence-electron chi connectivity index (χ2n) is 36.7. The Morgan fingerprint density at radius 2 is 0.931 bits per heavy atom. The number of hydrogen-bond donors (Lipinski definition) is 5. The van der Waals surface area contributed by atoms with Gasteiger partial charge in [0.15, 0.2) is 30.5 Å². The predicted octanol–water partition coefficient (Wildman–Crippen LogP) is 28.9. The Morgan fingerprint density at radius 1 is 0.538 bits per heavy atom. The monoisotopic (exact) mass is 1950 g/mol. The fourth-order valence-corrected chi connectivity index (χ4v) is 19.0. The van der Waals surface area contributed by atoms with E-state index in [-0.39, 0.29) is 84.5 Å². The quantitative estimate of drug-likeness (QED) is 0.00641. The number of rotatable bonds is 35. The molecular formula is C107H137Cl8N4O10S+. The van der Waals surface area contributed by atoms with Gasteiger partial charge in [-0.05, 0) is 224 Å². The van der Waals surface area contributed by atoms with E-state index in [1.807, 2.05) is 136 Å². The number of aliphatic hydroxyl groups is 3. The minimum Gasteiger partial charge on any atom is -0.478 e. The molecule has 0 spiro atoms. The fraction of sp³-hybridized carbons (Fsp3) is 0.439. The minimum absolute atomic E-state index is 0. The molecule has 0 aromatic heterocycles. The maximum absolute atomic E-state index is 13.4. The summed E-state index contributed by atoms with van der Waals surface area (Å²) in [5.74, 6) is 4.13. The number of aliphatic hydroxyl groups excluding tert-OH is 3. The Hall–Kier alpha value is -6.97. The summed E-state index contributed by atoms with van der Waals surface area (Å²) in [6, 6.07) is 63.0. The van der Waals surface area contributed by atoms with Crippen LogP contribution in [0.25, 0.3) is 0 Å². The van der Waals surface area contributed by atoms with Crippen molar-refractivity contribution in [2.75, 3.05) is 33.5 Å². The van der Waals surface area contributed by atoms with Crippen LogP contribution in [0.2, 0.25) is 40.2 Å². The van der Waals surface area contributed by atoms with E-state index in [1.54, 1.807) is 48.5 Å². The molecule has 706 valence electrons. The van der Waals surface area contributed by atoms with Gasteiger partial charge in [0.2, 0.25) is 7.34 Å². The highest BCUT2D eigenvalue weighted by atomic mass is 35.5. The van der Waals surface area contributed by atoms with E-state index in [0.717, 1.165) is 86.8 Å². The van der Waals surface area contributed by atoms with Crippen molar-refractivity contribution in [1.29, 1.82) is 0 Å². The Bertz CT molecular complexity index is 4850. The van der Waals surface area contributed by atoms with Crippen LogP contribution < -0.4 is 5.32 Å². The first kappa shape index (κ1) is 110. The number of ether oxygens (including phenoxy) is 3. The minimum atomic E-state index is -0.874. The van der Waals surface area contributed by atoms with E-state index in [0.29, 0.717) is 88.3 Å². The van der Waals surface area contributed by atoms with Crippen molar-refractivity contribution in [3.8, 4) is 0 Å². The summed E-state index contributed by atoms with van der Waals surface area (Å²) in [6.07, 6.45) is 11.7. The van der Waals surface area contributed by atoms with Crippen LogP contribution >= 0.6 is 106 Å². The average molecular weight is 1960 g/mol. The molecule has 0 bridgehead atoms. The lowest BCUT2D eigenvalue weighted by molar-refractivity contribution is -0.616. The third-order valence-corrected chi connectivity index (χ3v) is 27.5. The van der Waals surface area contributed by atoms with Gasteiger partial charge in [-0.15, -0.1) is 26.3 Å². The van der Waals surface area contributed by atoms with Crippen LogP contribution in [0.1, 0.15) is 243 Å². The van der Waals surface area contributed by atoms with Crippen LogP contribution in [-0.2, 0) is 28.2 Å². The fourth-order valence-electron chi connectivity index (χ4n) is 17.7. The highest BCUT2D eigenvalue weighted by Crippen LogP contribution is 2.54. The number of carbonyl (C=O) groups is 1. The van der Waals surface area contributed by atoms with Gasteiger partial charge in [0.05, 0.1) is 60.8 Å². The van der Waals surface area contributed by atoms with Crippen LogP contribution in [0.5, 0.6) is 0 Å². The maximum atomic E-state index is 13.4. The Balaban J connectivity index is 0.000000263. The summed E-state index contributed by atoms with van der Waals surface area (Å²) in [5.41, 5.74) is 13.0. The first-order valence-corrected chi connectivity index (χ1v) is 47.5. The van der Waals surface area contributed by atoms with E-state index < -0.39 is 29.0 Å². The summed E-state index contributed by atoms with van der Waals surface area (Å²) in [6.45, 7) is 45.8. The van der Waals surface area contributed by atoms with Gasteiger partial charge in [0.25, 0.3) is 0 Å². The molecule has 16 atom stereocenters. The number of aliphatic imine (C=N–C) groups is 2. The van der Waals surface area contributed by atoms with Crippen molar-refractivity contribution in [2.45, 2.75) is 221 Å². The molecule has 23 heteroatoms. The lowest BCUT2D eigenvalue weighted by Gasteiger charge is -2.39. The van der Waals surface area contributed by atoms with Gasteiger partial charge in [0, 0.05) is 87.2 Å². The maximum Gasteiger partial charge on any atom is 0.343 e. The molecule has 4 aliphatic heterocycles. The number of hydrogen-bond acceptors (Lipinski definition) is 12. The molecule has 4 aliphatic rings. The summed E-state index contributed by atoms with van der Waals surface area (Å²) >= 11 is 53.0. The number of benzene rings is 8. The van der Waals surface area contributed by atoms with Crippen molar-refractivity contribution in [3.63, 3.8) is 0 Å². The highest BCUT2D eigenvalue weighted by molar-refractivity contribution is 7.74. The Kier molecular flexibility index (Phi) is 44.7. The molecule has 130 heavy (non-hydrogen) atoms. The highest BCUT2D eigenvalue weighted by Gasteiger charge is 2.58. The molecule has 8 aromatic rings. The summed E-state index contributed by atoms with van der Waals surface area (Å²) in [4.78, 5) is 27.2. The normalized spacial score (nSPS) is 20.3. The molecule has 1 unspecified atom stereocenters. The van der Waals surface area contributed by atoms with Crippen LogP contribution in [-0.4, -0.2) is 107 Å². The number of amides is 1. The zero-order valence-corrected chi connectivity index (χ0v) is 83.8. The smallest absolute Gasteiger partial charge is 0.343 e. The summed E-state index contributed by atoms with van der Waals surface area (Å²) < 4.78 is 29.7. The molecular weight excluding hydrogens is 1820 g/mol. The van der Waals surface area contributed by atoms with Crippen molar-refractivity contribution in [1.82, 2.24) is 5.32 Å². The van der Waals surface area contributed by atoms with Crippen LogP contribution in [0.15, 0.2) is 255 Å². The van der Waals surface area contributed by atoms with Gasteiger partial charge in [-0.25, -0.2) is 14.9 Å². The zero-order chi connectivity index (χ0) is 96.0. The Morgan fingerprint density at radius 3 is 1.30 bits per heavy atom. The van der Waals surface area contributed by atoms with E-state index in [9.17, 15) is 20.1 Å². The summed E-state index contributed by atoms with van der Waals surface area (Å²) in [5, 5.41) is 40.9. The van der Waals surface area contributed by atoms with Gasteiger partial charge >= 0.3 is 5.90 Å². The lowest BCUT2D eigenvalue weighted by atomic mass is 9.69. The van der Waals surface area contributed by atoms with Crippen LogP contribution in [0, 0.1) is 45.3 Å². The molecule has 0 saturated carbocycles. The number of allylic oxidation sites excluding steroid dienone is 4. The van der Waals surface area contributed by atoms with Crippen molar-refractivity contribution < 1.29 is 55.0 Å².